The minimum Gasteiger partial charge on any atom is -0.352 e. The van der Waals surface area contributed by atoms with E-state index < -0.39 is 28.5 Å². The molecule has 7 nitrogen and oxygen atoms in total. The average Bonchev–Trinajstić information content (AvgIpc) is 2.79. The summed E-state index contributed by atoms with van der Waals surface area (Å²) in [5, 5.41) is 4.89. The summed E-state index contributed by atoms with van der Waals surface area (Å²) in [5.41, 5.74) is 1.13. The van der Waals surface area contributed by atoms with Crippen LogP contribution < -0.4 is 9.62 Å². The Balaban J connectivity index is 2.00. The van der Waals surface area contributed by atoms with Gasteiger partial charge in [-0.1, -0.05) is 60.1 Å². The molecule has 35 heavy (non-hydrogen) atoms. The number of carbonyl (C=O) groups is 2. The molecule has 0 unspecified atom stereocenters. The third-order valence-electron chi connectivity index (χ3n) is 5.55. The predicted molar refractivity (Wildman–Crippen MR) is 141 cm³/mol. The lowest BCUT2D eigenvalue weighted by atomic mass is 10.1. The fraction of sp³-hybridized carbons (Fsp3) is 0.308. The first kappa shape index (κ1) is 26.5. The average molecular weight is 516 g/mol. The molecule has 0 fully saturated rings. The summed E-state index contributed by atoms with van der Waals surface area (Å²) >= 11 is 6.13. The van der Waals surface area contributed by atoms with E-state index in [1.54, 1.807) is 43.3 Å². The van der Waals surface area contributed by atoms with Crippen LogP contribution in [-0.4, -0.2) is 50.0 Å². The van der Waals surface area contributed by atoms with Crippen molar-refractivity contribution in [2.45, 2.75) is 39.4 Å². The second-order valence-electron chi connectivity index (χ2n) is 8.76. The van der Waals surface area contributed by atoms with Crippen molar-refractivity contribution in [3.8, 4) is 0 Å². The van der Waals surface area contributed by atoms with Crippen molar-refractivity contribution in [3.05, 3.63) is 77.3 Å². The third-order valence-corrected chi connectivity index (χ3v) is 6.92. The van der Waals surface area contributed by atoms with E-state index in [-0.39, 0.29) is 18.5 Å². The van der Waals surface area contributed by atoms with Gasteiger partial charge in [0.05, 0.1) is 11.9 Å². The third kappa shape index (κ3) is 6.74. The highest BCUT2D eigenvalue weighted by Crippen LogP contribution is 2.28. The molecule has 0 saturated heterocycles. The maximum absolute atomic E-state index is 13.6. The molecule has 2 amide bonds. The van der Waals surface area contributed by atoms with E-state index in [0.29, 0.717) is 16.1 Å². The summed E-state index contributed by atoms with van der Waals surface area (Å²) in [6, 6.07) is 18.7. The van der Waals surface area contributed by atoms with E-state index in [2.05, 4.69) is 5.32 Å². The van der Waals surface area contributed by atoms with Crippen LogP contribution in [-0.2, 0) is 26.2 Å². The van der Waals surface area contributed by atoms with E-state index in [0.717, 1.165) is 21.5 Å². The van der Waals surface area contributed by atoms with Crippen LogP contribution in [0.2, 0.25) is 5.02 Å². The van der Waals surface area contributed by atoms with Gasteiger partial charge in [0.2, 0.25) is 21.8 Å². The normalized spacial score (nSPS) is 12.4. The Morgan fingerprint density at radius 1 is 0.971 bits per heavy atom. The van der Waals surface area contributed by atoms with Gasteiger partial charge in [0, 0.05) is 23.0 Å². The van der Waals surface area contributed by atoms with Gasteiger partial charge in [-0.25, -0.2) is 8.42 Å². The number of carbonyl (C=O) groups excluding carboxylic acids is 2. The molecule has 3 aromatic carbocycles. The van der Waals surface area contributed by atoms with Gasteiger partial charge < -0.3 is 10.2 Å². The lowest BCUT2D eigenvalue weighted by Gasteiger charge is -2.32. The summed E-state index contributed by atoms with van der Waals surface area (Å²) in [7, 11) is -3.82. The molecule has 0 aliphatic carbocycles. The van der Waals surface area contributed by atoms with Crippen LogP contribution in [0, 0.1) is 0 Å². The van der Waals surface area contributed by atoms with Gasteiger partial charge in [-0.05, 0) is 49.9 Å². The number of fused-ring (bicyclic) bond motifs is 1. The Kier molecular flexibility index (Phi) is 8.40. The largest absolute Gasteiger partial charge is 0.352 e. The van der Waals surface area contributed by atoms with Crippen LogP contribution in [0.1, 0.15) is 26.3 Å². The summed E-state index contributed by atoms with van der Waals surface area (Å²) in [5.74, 6) is -0.832. The standard InChI is InChI=1S/C26H30ClN3O4S/c1-18(2)28-26(32)19(3)29(16-20-9-7-12-22(27)15-20)25(31)17-30(35(4,33)34)24-14-8-11-21-10-5-6-13-23(21)24/h5-15,18-19H,16-17H2,1-4H3,(H,28,32)/t19-/m1/s1. The summed E-state index contributed by atoms with van der Waals surface area (Å²) < 4.78 is 26.8. The monoisotopic (exact) mass is 515 g/mol. The van der Waals surface area contributed by atoms with E-state index in [1.807, 2.05) is 44.2 Å². The maximum Gasteiger partial charge on any atom is 0.244 e. The first-order valence-corrected chi connectivity index (χ1v) is 13.5. The molecule has 186 valence electrons. The van der Waals surface area contributed by atoms with Crippen LogP contribution in [0.5, 0.6) is 0 Å². The highest BCUT2D eigenvalue weighted by molar-refractivity contribution is 7.92. The Bertz CT molecular complexity index is 1320. The molecule has 0 spiro atoms. The van der Waals surface area contributed by atoms with Crippen LogP contribution >= 0.6 is 11.6 Å². The SMILES string of the molecule is CC(C)NC(=O)[C@@H](C)N(Cc1cccc(Cl)c1)C(=O)CN(c1cccc2ccccc12)S(C)(=O)=O. The van der Waals surface area contributed by atoms with E-state index in [1.165, 1.54) is 4.90 Å². The quantitative estimate of drug-likeness (QED) is 0.462. The second-order valence-corrected chi connectivity index (χ2v) is 11.1. The van der Waals surface area contributed by atoms with Crippen molar-refractivity contribution >= 4 is 49.9 Å². The Labute approximate surface area is 211 Å². The van der Waals surface area contributed by atoms with Gasteiger partial charge >= 0.3 is 0 Å². The highest BCUT2D eigenvalue weighted by Gasteiger charge is 2.30. The Morgan fingerprint density at radius 2 is 1.63 bits per heavy atom. The number of hydrogen-bond donors (Lipinski definition) is 1. The zero-order chi connectivity index (χ0) is 25.8. The van der Waals surface area contributed by atoms with Crippen molar-refractivity contribution in [2.24, 2.45) is 0 Å². The molecule has 3 aromatic rings. The van der Waals surface area contributed by atoms with Gasteiger partial charge in [-0.15, -0.1) is 0 Å². The summed E-state index contributed by atoms with van der Waals surface area (Å²) in [6.45, 7) is 4.94. The van der Waals surface area contributed by atoms with Crippen LogP contribution in [0.4, 0.5) is 5.69 Å². The molecule has 0 bridgehead atoms. The Hall–Kier alpha value is -3.10. The molecule has 1 N–H and O–H groups in total. The van der Waals surface area contributed by atoms with Crippen molar-refractivity contribution in [2.75, 3.05) is 17.1 Å². The Morgan fingerprint density at radius 3 is 2.29 bits per heavy atom. The van der Waals surface area contributed by atoms with Gasteiger partial charge in [0.25, 0.3) is 0 Å². The number of sulfonamides is 1. The summed E-state index contributed by atoms with van der Waals surface area (Å²) in [6.07, 6.45) is 1.07. The molecule has 1 atom stereocenters. The molecule has 0 saturated carbocycles. The minimum atomic E-state index is -3.82. The van der Waals surface area contributed by atoms with Gasteiger partial charge in [-0.2, -0.15) is 0 Å². The number of benzene rings is 3. The van der Waals surface area contributed by atoms with Crippen LogP contribution in [0.3, 0.4) is 0 Å². The number of nitrogens with zero attached hydrogens (tertiary/aromatic N) is 2. The fourth-order valence-electron chi connectivity index (χ4n) is 3.84. The molecule has 0 heterocycles. The number of rotatable bonds is 9. The van der Waals surface area contributed by atoms with Crippen LogP contribution in [0.15, 0.2) is 66.7 Å². The molecule has 0 aliphatic rings. The summed E-state index contributed by atoms with van der Waals surface area (Å²) in [4.78, 5) is 27.8. The first-order valence-electron chi connectivity index (χ1n) is 11.3. The zero-order valence-corrected chi connectivity index (χ0v) is 21.8. The molecule has 9 heteroatoms. The molecule has 0 aliphatic heterocycles. The first-order chi connectivity index (χ1) is 16.5. The molecule has 0 radical (unpaired) electrons. The van der Waals surface area contributed by atoms with E-state index in [4.69, 9.17) is 11.6 Å². The van der Waals surface area contributed by atoms with Crippen LogP contribution in [0.25, 0.3) is 10.8 Å². The second kappa shape index (κ2) is 11.1. The zero-order valence-electron chi connectivity index (χ0n) is 20.2. The molecule has 0 aromatic heterocycles. The van der Waals surface area contributed by atoms with E-state index in [9.17, 15) is 18.0 Å². The van der Waals surface area contributed by atoms with Crippen molar-refractivity contribution < 1.29 is 18.0 Å². The fourth-order valence-corrected chi connectivity index (χ4v) is 4.91. The number of anilines is 1. The van der Waals surface area contributed by atoms with E-state index >= 15 is 0 Å². The molecule has 3 rings (SSSR count). The number of nitrogens with one attached hydrogen (secondary N) is 1. The topological polar surface area (TPSA) is 86.8 Å². The predicted octanol–water partition coefficient (Wildman–Crippen LogP) is 4.20. The lowest BCUT2D eigenvalue weighted by molar-refractivity contribution is -0.139. The van der Waals surface area contributed by atoms with Crippen molar-refractivity contribution in [1.29, 1.82) is 0 Å². The minimum absolute atomic E-state index is 0.0964. The van der Waals surface area contributed by atoms with Gasteiger partial charge in [-0.3, -0.25) is 13.9 Å². The molecular weight excluding hydrogens is 486 g/mol. The maximum atomic E-state index is 13.6. The van der Waals surface area contributed by atoms with Crippen molar-refractivity contribution in [3.63, 3.8) is 0 Å². The smallest absolute Gasteiger partial charge is 0.244 e. The number of hydrogen-bond acceptors (Lipinski definition) is 4. The van der Waals surface area contributed by atoms with Gasteiger partial charge in [0.15, 0.2) is 0 Å². The number of halogens is 1. The lowest BCUT2D eigenvalue weighted by Crippen LogP contribution is -2.52. The van der Waals surface area contributed by atoms with Crippen molar-refractivity contribution in [1.82, 2.24) is 10.2 Å². The molecular formula is C26H30ClN3O4S. The van der Waals surface area contributed by atoms with Gasteiger partial charge in [0.1, 0.15) is 12.6 Å². The highest BCUT2D eigenvalue weighted by atomic mass is 35.5. The number of amides is 2.